The van der Waals surface area contributed by atoms with E-state index in [0.717, 1.165) is 16.8 Å². The molecule has 4 heteroatoms. The van der Waals surface area contributed by atoms with E-state index in [9.17, 15) is 0 Å². The van der Waals surface area contributed by atoms with E-state index in [1.807, 2.05) is 12.1 Å². The molecule has 0 aliphatic rings. The monoisotopic (exact) mass is 252 g/mol. The van der Waals surface area contributed by atoms with Crippen molar-refractivity contribution in [1.29, 1.82) is 0 Å². The molecule has 0 N–H and O–H groups in total. The quantitative estimate of drug-likeness (QED) is 0.612. The highest BCUT2D eigenvalue weighted by Gasteiger charge is 2.08. The molecular weight excluding hydrogens is 240 g/mol. The van der Waals surface area contributed by atoms with Gasteiger partial charge in [0.05, 0.1) is 6.20 Å². The van der Waals surface area contributed by atoms with Gasteiger partial charge in [0.2, 0.25) is 0 Å². The van der Waals surface area contributed by atoms with Crippen molar-refractivity contribution in [2.75, 3.05) is 5.88 Å². The highest BCUT2D eigenvalue weighted by atomic mass is 35.5. The molecule has 1 aromatic carbocycles. The number of halogens is 1. The summed E-state index contributed by atoms with van der Waals surface area (Å²) >= 11 is 7.47. The van der Waals surface area contributed by atoms with Crippen molar-refractivity contribution < 1.29 is 0 Å². The summed E-state index contributed by atoms with van der Waals surface area (Å²) in [5, 5.41) is 12.0. The zero-order valence-electron chi connectivity index (χ0n) is 9.06. The highest BCUT2D eigenvalue weighted by Crippen LogP contribution is 2.29. The first kappa shape index (κ1) is 11.7. The summed E-state index contributed by atoms with van der Waals surface area (Å²) in [4.78, 5) is 0. The lowest BCUT2D eigenvalue weighted by Crippen LogP contribution is -1.98. The van der Waals surface area contributed by atoms with Crippen molar-refractivity contribution in [2.24, 2.45) is 0 Å². The maximum Gasteiger partial charge on any atom is 0.127 e. The lowest BCUT2D eigenvalue weighted by molar-refractivity contribution is 0.896. The molecule has 16 heavy (non-hydrogen) atoms. The Morgan fingerprint density at radius 1 is 1.38 bits per heavy atom. The van der Waals surface area contributed by atoms with Crippen LogP contribution in [0.15, 0.2) is 35.5 Å². The zero-order chi connectivity index (χ0) is 11.4. The molecule has 2 rings (SSSR count). The van der Waals surface area contributed by atoms with E-state index in [4.69, 9.17) is 11.6 Å². The molecule has 0 bridgehead atoms. The summed E-state index contributed by atoms with van der Waals surface area (Å²) in [5.41, 5.74) is 0. The lowest BCUT2D eigenvalue weighted by atomic mass is 10.2. The van der Waals surface area contributed by atoms with E-state index in [-0.39, 0.29) is 0 Å². The van der Waals surface area contributed by atoms with Gasteiger partial charge in [0, 0.05) is 21.9 Å². The van der Waals surface area contributed by atoms with E-state index >= 15 is 0 Å². The molecule has 2 aromatic rings. The van der Waals surface area contributed by atoms with E-state index < -0.39 is 0 Å². The maximum absolute atomic E-state index is 5.73. The molecule has 1 atom stereocenters. The van der Waals surface area contributed by atoms with Gasteiger partial charge < -0.3 is 0 Å². The standard InChI is InChI=1S/C12H13ClN2S/c1-9(6-7-13)16-12-11-5-3-2-4-10(11)8-14-15-12/h2-5,8-9H,6-7H2,1H3. The third-order valence-electron chi connectivity index (χ3n) is 2.37. The number of hydrogen-bond donors (Lipinski definition) is 0. The van der Waals surface area contributed by atoms with Crippen molar-refractivity contribution in [2.45, 2.75) is 23.6 Å². The minimum atomic E-state index is 0.470. The van der Waals surface area contributed by atoms with Gasteiger partial charge in [-0.25, -0.2) is 0 Å². The molecule has 1 unspecified atom stereocenters. The molecule has 0 aliphatic heterocycles. The number of fused-ring (bicyclic) bond motifs is 1. The second-order valence-electron chi connectivity index (χ2n) is 3.64. The van der Waals surface area contributed by atoms with E-state index in [0.29, 0.717) is 11.1 Å². The second kappa shape index (κ2) is 5.51. The molecule has 0 aliphatic carbocycles. The second-order valence-corrected chi connectivity index (χ2v) is 5.45. The van der Waals surface area contributed by atoms with E-state index in [2.05, 4.69) is 29.3 Å². The summed E-state index contributed by atoms with van der Waals surface area (Å²) in [5.74, 6) is 0.687. The molecular formula is C12H13ClN2S. The largest absolute Gasteiger partial charge is 0.157 e. The summed E-state index contributed by atoms with van der Waals surface area (Å²) in [6.45, 7) is 2.16. The molecule has 1 heterocycles. The van der Waals surface area contributed by atoms with Crippen LogP contribution in [0.5, 0.6) is 0 Å². The third kappa shape index (κ3) is 2.66. The van der Waals surface area contributed by atoms with Crippen LogP contribution in [0.4, 0.5) is 0 Å². The predicted molar refractivity (Wildman–Crippen MR) is 70.2 cm³/mol. The first-order valence-electron chi connectivity index (χ1n) is 5.24. The first-order valence-corrected chi connectivity index (χ1v) is 6.65. The Morgan fingerprint density at radius 2 is 2.19 bits per heavy atom. The Kier molecular flexibility index (Phi) is 4.02. The van der Waals surface area contributed by atoms with Crippen molar-refractivity contribution >= 4 is 34.1 Å². The molecule has 0 spiro atoms. The number of benzene rings is 1. The van der Waals surface area contributed by atoms with Crippen LogP contribution in [0.25, 0.3) is 10.8 Å². The van der Waals surface area contributed by atoms with Gasteiger partial charge in [-0.1, -0.05) is 31.2 Å². The van der Waals surface area contributed by atoms with Crippen LogP contribution in [0.1, 0.15) is 13.3 Å². The third-order valence-corrected chi connectivity index (χ3v) is 3.75. The number of hydrogen-bond acceptors (Lipinski definition) is 3. The molecule has 84 valence electrons. The van der Waals surface area contributed by atoms with Crippen LogP contribution in [0, 0.1) is 0 Å². The van der Waals surface area contributed by atoms with Gasteiger partial charge in [0.1, 0.15) is 5.03 Å². The summed E-state index contributed by atoms with van der Waals surface area (Å²) in [7, 11) is 0. The SMILES string of the molecule is CC(CCCl)Sc1nncc2ccccc12. The van der Waals surface area contributed by atoms with Crippen LogP contribution in [0.2, 0.25) is 0 Å². The molecule has 0 fully saturated rings. The fourth-order valence-corrected chi connectivity index (χ4v) is 2.97. The van der Waals surface area contributed by atoms with Crippen molar-refractivity contribution in [3.63, 3.8) is 0 Å². The lowest BCUT2D eigenvalue weighted by Gasteiger charge is -2.09. The van der Waals surface area contributed by atoms with Crippen molar-refractivity contribution in [1.82, 2.24) is 10.2 Å². The average Bonchev–Trinajstić information content (AvgIpc) is 2.30. The Balaban J connectivity index is 2.30. The molecule has 0 saturated carbocycles. The minimum absolute atomic E-state index is 0.470. The normalized spacial score (nSPS) is 12.9. The molecule has 0 radical (unpaired) electrons. The maximum atomic E-state index is 5.73. The van der Waals surface area contributed by atoms with Gasteiger partial charge in [-0.05, 0) is 6.42 Å². The number of nitrogens with zero attached hydrogens (tertiary/aromatic N) is 2. The Hall–Kier alpha value is -0.800. The fourth-order valence-electron chi connectivity index (χ4n) is 1.49. The topological polar surface area (TPSA) is 25.8 Å². The van der Waals surface area contributed by atoms with Crippen molar-refractivity contribution in [3.8, 4) is 0 Å². The number of rotatable bonds is 4. The van der Waals surface area contributed by atoms with Gasteiger partial charge in [-0.2, -0.15) is 5.10 Å². The average molecular weight is 253 g/mol. The van der Waals surface area contributed by atoms with Gasteiger partial charge >= 0.3 is 0 Å². The number of aromatic nitrogens is 2. The number of thioether (sulfide) groups is 1. The van der Waals surface area contributed by atoms with Crippen LogP contribution < -0.4 is 0 Å². The van der Waals surface area contributed by atoms with E-state index in [1.54, 1.807) is 18.0 Å². The smallest absolute Gasteiger partial charge is 0.127 e. The van der Waals surface area contributed by atoms with Gasteiger partial charge in [-0.15, -0.1) is 28.5 Å². The van der Waals surface area contributed by atoms with E-state index in [1.165, 1.54) is 5.39 Å². The fraction of sp³-hybridized carbons (Fsp3) is 0.333. The molecule has 0 amide bonds. The van der Waals surface area contributed by atoms with Gasteiger partial charge in [0.15, 0.2) is 0 Å². The number of alkyl halides is 1. The summed E-state index contributed by atoms with van der Waals surface area (Å²) in [6, 6.07) is 8.18. The van der Waals surface area contributed by atoms with Crippen molar-refractivity contribution in [3.05, 3.63) is 30.5 Å². The zero-order valence-corrected chi connectivity index (χ0v) is 10.6. The van der Waals surface area contributed by atoms with Gasteiger partial charge in [0.25, 0.3) is 0 Å². The van der Waals surface area contributed by atoms with Crippen LogP contribution in [0.3, 0.4) is 0 Å². The summed E-state index contributed by atoms with van der Waals surface area (Å²) < 4.78 is 0. The van der Waals surface area contributed by atoms with Crippen LogP contribution >= 0.6 is 23.4 Å². The Bertz CT molecular complexity index is 470. The van der Waals surface area contributed by atoms with Gasteiger partial charge in [-0.3, -0.25) is 0 Å². The first-order chi connectivity index (χ1) is 7.81. The Labute approximate surface area is 104 Å². The molecule has 1 aromatic heterocycles. The highest BCUT2D eigenvalue weighted by molar-refractivity contribution is 8.00. The Morgan fingerprint density at radius 3 is 3.00 bits per heavy atom. The van der Waals surface area contributed by atoms with Crippen LogP contribution in [-0.2, 0) is 0 Å². The summed E-state index contributed by atoms with van der Waals surface area (Å²) in [6.07, 6.45) is 2.78. The minimum Gasteiger partial charge on any atom is -0.157 e. The molecule has 2 nitrogen and oxygen atoms in total. The van der Waals surface area contributed by atoms with Crippen LogP contribution in [-0.4, -0.2) is 21.3 Å². The molecule has 0 saturated heterocycles. The predicted octanol–water partition coefficient (Wildman–Crippen LogP) is 3.74.